The molecule has 0 saturated carbocycles. The largest absolute Gasteiger partial charge is 0.366 e. The first-order chi connectivity index (χ1) is 9.32. The lowest BCUT2D eigenvalue weighted by Crippen LogP contribution is -2.51. The molecule has 1 aliphatic heterocycles. The molecule has 0 aliphatic carbocycles. The summed E-state index contributed by atoms with van der Waals surface area (Å²) >= 11 is 0. The van der Waals surface area contributed by atoms with Crippen molar-refractivity contribution in [3.8, 4) is 0 Å². The number of nitrogens with two attached hydrogens (primary N) is 1. The Labute approximate surface area is 131 Å². The highest BCUT2D eigenvalue weighted by molar-refractivity contribution is 7.89. The van der Waals surface area contributed by atoms with E-state index in [2.05, 4.69) is 5.32 Å². The van der Waals surface area contributed by atoms with Crippen LogP contribution in [0.5, 0.6) is 0 Å². The van der Waals surface area contributed by atoms with Crippen LogP contribution in [0.2, 0.25) is 0 Å². The zero-order valence-electron chi connectivity index (χ0n) is 12.0. The maximum absolute atomic E-state index is 12.6. The number of carbonyl (C=O) groups excluding carboxylic acids is 1. The third-order valence-corrected chi connectivity index (χ3v) is 5.30. The molecule has 2 rings (SSSR count). The van der Waals surface area contributed by atoms with Crippen molar-refractivity contribution < 1.29 is 13.2 Å². The van der Waals surface area contributed by atoms with Gasteiger partial charge in [-0.3, -0.25) is 4.79 Å². The number of aryl methyl sites for hydroxylation is 1. The first-order valence-electron chi connectivity index (χ1n) is 6.46. The quantitative estimate of drug-likeness (QED) is 0.842. The van der Waals surface area contributed by atoms with Crippen LogP contribution in [-0.4, -0.2) is 44.3 Å². The van der Waals surface area contributed by atoms with Crippen LogP contribution in [0.25, 0.3) is 0 Å². The number of benzene rings is 1. The van der Waals surface area contributed by atoms with Crippen molar-refractivity contribution in [1.82, 2.24) is 9.62 Å². The molecule has 1 aromatic carbocycles. The Kier molecular flexibility index (Phi) is 5.75. The maximum atomic E-state index is 12.6. The van der Waals surface area contributed by atoms with E-state index in [1.807, 2.05) is 6.92 Å². The minimum absolute atomic E-state index is 0. The van der Waals surface area contributed by atoms with Crippen LogP contribution in [0, 0.1) is 6.92 Å². The van der Waals surface area contributed by atoms with Gasteiger partial charge in [0.2, 0.25) is 15.9 Å². The van der Waals surface area contributed by atoms with Gasteiger partial charge in [-0.1, -0.05) is 6.07 Å². The van der Waals surface area contributed by atoms with E-state index >= 15 is 0 Å². The van der Waals surface area contributed by atoms with E-state index in [0.717, 1.165) is 0 Å². The standard InChI is InChI=1S/C13H19N3O3S.ClH/c1-9-3-4-11(7-12(9)13(14)17)20(18,19)16-6-5-15-10(2)8-16;/h3-4,7,10,15H,5-6,8H2,1-2H3,(H2,14,17);1H. The molecule has 3 N–H and O–H groups in total. The molecule has 1 aliphatic rings. The van der Waals surface area contributed by atoms with Gasteiger partial charge in [-0.25, -0.2) is 8.42 Å². The minimum atomic E-state index is -3.58. The lowest BCUT2D eigenvalue weighted by atomic mass is 10.1. The Morgan fingerprint density at radius 3 is 2.67 bits per heavy atom. The molecule has 21 heavy (non-hydrogen) atoms. The number of primary amides is 1. The average molecular weight is 334 g/mol. The van der Waals surface area contributed by atoms with E-state index in [0.29, 0.717) is 25.2 Å². The third-order valence-electron chi connectivity index (χ3n) is 3.44. The number of carbonyl (C=O) groups is 1. The maximum Gasteiger partial charge on any atom is 0.249 e. The second-order valence-corrected chi connectivity index (χ2v) is 7.00. The lowest BCUT2D eigenvalue weighted by molar-refractivity contribution is 0.0999. The molecule has 1 amide bonds. The molecule has 0 radical (unpaired) electrons. The molecule has 8 heteroatoms. The highest BCUT2D eigenvalue weighted by Gasteiger charge is 2.29. The Balaban J connectivity index is 0.00000220. The zero-order chi connectivity index (χ0) is 14.9. The highest BCUT2D eigenvalue weighted by Crippen LogP contribution is 2.20. The van der Waals surface area contributed by atoms with Gasteiger partial charge in [-0.05, 0) is 31.5 Å². The number of rotatable bonds is 3. The van der Waals surface area contributed by atoms with Gasteiger partial charge in [-0.2, -0.15) is 4.31 Å². The molecule has 0 aromatic heterocycles. The third kappa shape index (κ3) is 3.74. The Hall–Kier alpha value is -1.15. The molecule has 0 bridgehead atoms. The fourth-order valence-corrected chi connectivity index (χ4v) is 3.85. The summed E-state index contributed by atoms with van der Waals surface area (Å²) in [5.41, 5.74) is 6.19. The van der Waals surface area contributed by atoms with Gasteiger partial charge in [0.15, 0.2) is 0 Å². The average Bonchev–Trinajstić information content (AvgIpc) is 2.38. The number of hydrogen-bond acceptors (Lipinski definition) is 4. The topological polar surface area (TPSA) is 92.5 Å². The summed E-state index contributed by atoms with van der Waals surface area (Å²) < 4.78 is 26.6. The number of piperazine rings is 1. The van der Waals surface area contributed by atoms with E-state index in [9.17, 15) is 13.2 Å². The fraction of sp³-hybridized carbons (Fsp3) is 0.462. The van der Waals surface area contributed by atoms with Crippen molar-refractivity contribution in [2.75, 3.05) is 19.6 Å². The second kappa shape index (κ2) is 6.74. The lowest BCUT2D eigenvalue weighted by Gasteiger charge is -2.31. The zero-order valence-corrected chi connectivity index (χ0v) is 13.6. The van der Waals surface area contributed by atoms with Crippen molar-refractivity contribution in [2.24, 2.45) is 5.73 Å². The monoisotopic (exact) mass is 333 g/mol. The molecule has 1 aromatic rings. The molecule has 1 atom stereocenters. The molecular weight excluding hydrogens is 314 g/mol. The van der Waals surface area contributed by atoms with Crippen LogP contribution in [0.4, 0.5) is 0 Å². The van der Waals surface area contributed by atoms with Crippen LogP contribution >= 0.6 is 12.4 Å². The van der Waals surface area contributed by atoms with E-state index in [4.69, 9.17) is 5.73 Å². The van der Waals surface area contributed by atoms with Gasteiger partial charge >= 0.3 is 0 Å². The van der Waals surface area contributed by atoms with Crippen molar-refractivity contribution in [3.63, 3.8) is 0 Å². The first kappa shape index (κ1) is 17.9. The fourth-order valence-electron chi connectivity index (χ4n) is 2.29. The molecule has 1 saturated heterocycles. The van der Waals surface area contributed by atoms with Gasteiger partial charge in [0.1, 0.15) is 0 Å². The predicted molar refractivity (Wildman–Crippen MR) is 83.2 cm³/mol. The summed E-state index contributed by atoms with van der Waals surface area (Å²) in [6.45, 7) is 5.12. The van der Waals surface area contributed by atoms with E-state index in [1.54, 1.807) is 13.0 Å². The van der Waals surface area contributed by atoms with Gasteiger partial charge in [-0.15, -0.1) is 12.4 Å². The smallest absolute Gasteiger partial charge is 0.249 e. The van der Waals surface area contributed by atoms with Crippen LogP contribution in [0.15, 0.2) is 23.1 Å². The van der Waals surface area contributed by atoms with Crippen molar-refractivity contribution in [3.05, 3.63) is 29.3 Å². The molecule has 1 fully saturated rings. The van der Waals surface area contributed by atoms with Crippen LogP contribution in [0.1, 0.15) is 22.8 Å². The molecule has 0 spiro atoms. The number of nitrogens with one attached hydrogen (secondary N) is 1. The van der Waals surface area contributed by atoms with Crippen LogP contribution in [0.3, 0.4) is 0 Å². The second-order valence-electron chi connectivity index (χ2n) is 5.06. The number of sulfonamides is 1. The van der Waals surface area contributed by atoms with Crippen molar-refractivity contribution >= 4 is 28.3 Å². The molecule has 118 valence electrons. The molecular formula is C13H20ClN3O3S. The van der Waals surface area contributed by atoms with Gasteiger partial charge in [0.25, 0.3) is 0 Å². The molecule has 6 nitrogen and oxygen atoms in total. The predicted octanol–water partition coefficient (Wildman–Crippen LogP) is 0.498. The summed E-state index contributed by atoms with van der Waals surface area (Å²) in [6.07, 6.45) is 0. The minimum Gasteiger partial charge on any atom is -0.366 e. The number of hydrogen-bond donors (Lipinski definition) is 2. The van der Waals surface area contributed by atoms with Crippen LogP contribution in [-0.2, 0) is 10.0 Å². The summed E-state index contributed by atoms with van der Waals surface area (Å²) in [5, 5.41) is 3.19. The Morgan fingerprint density at radius 1 is 1.43 bits per heavy atom. The normalized spacial score (nSPS) is 19.8. The van der Waals surface area contributed by atoms with E-state index < -0.39 is 15.9 Å². The van der Waals surface area contributed by atoms with Crippen LogP contribution < -0.4 is 11.1 Å². The molecule has 1 heterocycles. The Morgan fingerprint density at radius 2 is 2.10 bits per heavy atom. The Bertz CT molecular complexity index is 634. The SMILES string of the molecule is Cc1ccc(S(=O)(=O)N2CCNC(C)C2)cc1C(N)=O.Cl. The highest BCUT2D eigenvalue weighted by atomic mass is 35.5. The summed E-state index contributed by atoms with van der Waals surface area (Å²) in [5.74, 6) is -0.617. The van der Waals surface area contributed by atoms with Gasteiger partial charge < -0.3 is 11.1 Å². The van der Waals surface area contributed by atoms with Crippen molar-refractivity contribution in [1.29, 1.82) is 0 Å². The van der Waals surface area contributed by atoms with Crippen molar-refractivity contribution in [2.45, 2.75) is 24.8 Å². The number of nitrogens with zero attached hydrogens (tertiary/aromatic N) is 1. The van der Waals surface area contributed by atoms with Gasteiger partial charge in [0, 0.05) is 31.2 Å². The van der Waals surface area contributed by atoms with E-state index in [1.165, 1.54) is 16.4 Å². The molecule has 1 unspecified atom stereocenters. The van der Waals surface area contributed by atoms with E-state index in [-0.39, 0.29) is 28.9 Å². The van der Waals surface area contributed by atoms with Gasteiger partial charge in [0.05, 0.1) is 4.90 Å². The summed E-state index contributed by atoms with van der Waals surface area (Å²) in [6, 6.07) is 4.60. The first-order valence-corrected chi connectivity index (χ1v) is 7.90. The number of amides is 1. The summed E-state index contributed by atoms with van der Waals surface area (Å²) in [4.78, 5) is 11.4. The number of halogens is 1. The summed E-state index contributed by atoms with van der Waals surface area (Å²) in [7, 11) is -3.58.